The zero-order chi connectivity index (χ0) is 14.8. The third kappa shape index (κ3) is 4.14. The summed E-state index contributed by atoms with van der Waals surface area (Å²) in [5.41, 5.74) is 0.488. The van der Waals surface area contributed by atoms with Gasteiger partial charge in [-0.05, 0) is 42.5 Å². The molecule has 106 valence electrons. The van der Waals surface area contributed by atoms with E-state index in [0.29, 0.717) is 10.7 Å². The van der Waals surface area contributed by atoms with Gasteiger partial charge in [-0.15, -0.1) is 0 Å². The summed E-state index contributed by atoms with van der Waals surface area (Å²) in [6.07, 6.45) is 0. The van der Waals surface area contributed by atoms with E-state index in [2.05, 4.69) is 5.09 Å². The lowest BCUT2D eigenvalue weighted by Crippen LogP contribution is -2.02. The molecule has 0 aromatic heterocycles. The molecule has 1 N–H and O–H groups in total. The van der Waals surface area contributed by atoms with E-state index in [-0.39, 0.29) is 16.6 Å². The van der Waals surface area contributed by atoms with Crippen LogP contribution in [0.5, 0.6) is 5.75 Å². The van der Waals surface area contributed by atoms with E-state index in [1.165, 1.54) is 43.1 Å². The highest BCUT2D eigenvalue weighted by atomic mass is 35.5. The van der Waals surface area contributed by atoms with Crippen LogP contribution in [-0.2, 0) is 4.57 Å². The van der Waals surface area contributed by atoms with E-state index in [9.17, 15) is 8.96 Å². The maximum Gasteiger partial charge on any atom is 0.338 e. The normalized spacial score (nSPS) is 13.6. The van der Waals surface area contributed by atoms with Crippen molar-refractivity contribution in [2.75, 3.05) is 11.8 Å². The Hall–Kier alpha value is -1.22. The maximum atomic E-state index is 12.8. The lowest BCUT2D eigenvalue weighted by molar-refractivity contribution is 0.493. The summed E-state index contributed by atoms with van der Waals surface area (Å²) in [5, 5.41) is 3.43. The fraction of sp³-hybridized carbons (Fsp3) is 0.0769. The van der Waals surface area contributed by atoms with Gasteiger partial charge in [-0.25, -0.2) is 4.39 Å². The number of hydrogen-bond donors (Lipinski definition) is 1. The van der Waals surface area contributed by atoms with Gasteiger partial charge in [0.05, 0.1) is 5.02 Å². The predicted molar refractivity (Wildman–Crippen MR) is 80.6 cm³/mol. The molecule has 0 aliphatic carbocycles. The summed E-state index contributed by atoms with van der Waals surface area (Å²) >= 11 is 11.7. The predicted octanol–water partition coefficient (Wildman–Crippen LogP) is 5.45. The van der Waals surface area contributed by atoms with Crippen molar-refractivity contribution in [2.45, 2.75) is 0 Å². The Balaban J connectivity index is 2.14. The molecule has 2 aromatic rings. The summed E-state index contributed by atoms with van der Waals surface area (Å²) in [6.45, 7) is 1.40. The second-order valence-corrected chi connectivity index (χ2v) is 7.07. The molecular weight excluding hydrogens is 323 g/mol. The molecule has 0 saturated heterocycles. The molecule has 0 aliphatic heterocycles. The summed E-state index contributed by atoms with van der Waals surface area (Å²) in [6, 6.07) is 10.1. The SMILES string of the molecule is CP(=O)(Nc1ccc(F)cc1)Oc1ccc(Cl)cc1Cl. The quantitative estimate of drug-likeness (QED) is 0.756. The Morgan fingerprint density at radius 2 is 1.80 bits per heavy atom. The largest absolute Gasteiger partial charge is 0.427 e. The van der Waals surface area contributed by atoms with Gasteiger partial charge in [-0.3, -0.25) is 4.57 Å². The molecule has 7 heteroatoms. The Morgan fingerprint density at radius 3 is 2.40 bits per heavy atom. The molecule has 0 radical (unpaired) electrons. The molecule has 0 saturated carbocycles. The van der Waals surface area contributed by atoms with Gasteiger partial charge in [0.15, 0.2) is 0 Å². The van der Waals surface area contributed by atoms with Crippen LogP contribution in [0.15, 0.2) is 42.5 Å². The first-order chi connectivity index (χ1) is 9.35. The molecular formula is C13H11Cl2FNO2P. The molecule has 20 heavy (non-hydrogen) atoms. The molecule has 0 bridgehead atoms. The zero-order valence-corrected chi connectivity index (χ0v) is 12.8. The number of halogens is 3. The Labute approximate surface area is 126 Å². The van der Waals surface area contributed by atoms with Gasteiger partial charge < -0.3 is 9.61 Å². The molecule has 0 aliphatic rings. The van der Waals surface area contributed by atoms with Crippen molar-refractivity contribution in [1.29, 1.82) is 0 Å². The van der Waals surface area contributed by atoms with Crippen molar-refractivity contribution >= 4 is 36.4 Å². The van der Waals surface area contributed by atoms with Crippen molar-refractivity contribution < 1.29 is 13.5 Å². The van der Waals surface area contributed by atoms with Gasteiger partial charge in [0.1, 0.15) is 11.6 Å². The van der Waals surface area contributed by atoms with Crippen molar-refractivity contribution in [3.8, 4) is 5.75 Å². The first-order valence-corrected chi connectivity index (χ1v) is 8.44. The highest BCUT2D eigenvalue weighted by Crippen LogP contribution is 2.45. The van der Waals surface area contributed by atoms with Crippen LogP contribution in [-0.4, -0.2) is 6.66 Å². The summed E-state index contributed by atoms with van der Waals surface area (Å²) in [4.78, 5) is 0. The Kier molecular flexibility index (Phi) is 4.59. The topological polar surface area (TPSA) is 38.3 Å². The minimum Gasteiger partial charge on any atom is -0.427 e. The average molecular weight is 334 g/mol. The molecule has 0 amide bonds. The van der Waals surface area contributed by atoms with E-state index in [1.54, 1.807) is 6.07 Å². The summed E-state index contributed by atoms with van der Waals surface area (Å²) in [7, 11) is -3.19. The fourth-order valence-electron chi connectivity index (χ4n) is 1.52. The first kappa shape index (κ1) is 15.2. The first-order valence-electron chi connectivity index (χ1n) is 5.62. The van der Waals surface area contributed by atoms with Crippen LogP contribution in [0, 0.1) is 5.82 Å². The Morgan fingerprint density at radius 1 is 1.15 bits per heavy atom. The fourth-order valence-corrected chi connectivity index (χ4v) is 3.22. The highest BCUT2D eigenvalue weighted by Gasteiger charge is 2.19. The maximum absolute atomic E-state index is 12.8. The van der Waals surface area contributed by atoms with Gasteiger partial charge in [0.2, 0.25) is 0 Å². The third-order valence-corrected chi connectivity index (χ3v) is 4.08. The van der Waals surface area contributed by atoms with Crippen LogP contribution in [0.1, 0.15) is 0 Å². The molecule has 2 rings (SSSR count). The molecule has 0 heterocycles. The Bertz CT molecular complexity index is 664. The van der Waals surface area contributed by atoms with Crippen LogP contribution < -0.4 is 9.61 Å². The third-order valence-electron chi connectivity index (χ3n) is 2.34. The molecule has 2 aromatic carbocycles. The zero-order valence-electron chi connectivity index (χ0n) is 10.4. The monoisotopic (exact) mass is 333 g/mol. The van der Waals surface area contributed by atoms with E-state index in [0.717, 1.165) is 0 Å². The van der Waals surface area contributed by atoms with Crippen molar-refractivity contribution in [1.82, 2.24) is 0 Å². The average Bonchev–Trinajstić information content (AvgIpc) is 2.35. The second-order valence-electron chi connectivity index (χ2n) is 4.13. The molecule has 0 spiro atoms. The minimum absolute atomic E-state index is 0.261. The van der Waals surface area contributed by atoms with E-state index in [1.807, 2.05) is 0 Å². The van der Waals surface area contributed by atoms with Crippen molar-refractivity contribution in [2.24, 2.45) is 0 Å². The van der Waals surface area contributed by atoms with Crippen LogP contribution >= 0.6 is 30.7 Å². The van der Waals surface area contributed by atoms with E-state index in [4.69, 9.17) is 27.7 Å². The van der Waals surface area contributed by atoms with Gasteiger partial charge in [-0.2, -0.15) is 0 Å². The lowest BCUT2D eigenvalue weighted by atomic mass is 10.3. The minimum atomic E-state index is -3.19. The molecule has 3 nitrogen and oxygen atoms in total. The molecule has 1 unspecified atom stereocenters. The van der Waals surface area contributed by atoms with Crippen LogP contribution in [0.25, 0.3) is 0 Å². The summed E-state index contributed by atoms with van der Waals surface area (Å²) in [5.74, 6) is -0.111. The van der Waals surface area contributed by atoms with Crippen molar-refractivity contribution in [3.63, 3.8) is 0 Å². The van der Waals surface area contributed by atoms with Crippen LogP contribution in [0.4, 0.5) is 10.1 Å². The smallest absolute Gasteiger partial charge is 0.338 e. The summed E-state index contributed by atoms with van der Waals surface area (Å²) < 4.78 is 30.5. The van der Waals surface area contributed by atoms with Crippen LogP contribution in [0.2, 0.25) is 10.0 Å². The van der Waals surface area contributed by atoms with Crippen molar-refractivity contribution in [3.05, 3.63) is 58.3 Å². The van der Waals surface area contributed by atoms with E-state index < -0.39 is 7.52 Å². The van der Waals surface area contributed by atoms with Gasteiger partial charge >= 0.3 is 7.52 Å². The van der Waals surface area contributed by atoms with Gasteiger partial charge in [0.25, 0.3) is 0 Å². The molecule has 0 fully saturated rings. The number of benzene rings is 2. The van der Waals surface area contributed by atoms with Crippen LogP contribution in [0.3, 0.4) is 0 Å². The standard InChI is InChI=1S/C13H11Cl2FNO2P/c1-20(18,17-11-5-3-10(16)4-6-11)19-13-7-2-9(14)8-12(13)15/h2-8H,1H3,(H,17,18). The number of nitrogens with one attached hydrogen (secondary N) is 1. The van der Waals surface area contributed by atoms with Gasteiger partial charge in [-0.1, -0.05) is 23.2 Å². The number of hydrogen-bond acceptors (Lipinski definition) is 2. The van der Waals surface area contributed by atoms with E-state index >= 15 is 0 Å². The number of rotatable bonds is 4. The van der Waals surface area contributed by atoms with Gasteiger partial charge in [0, 0.05) is 17.4 Å². The lowest BCUT2D eigenvalue weighted by Gasteiger charge is -2.18. The highest BCUT2D eigenvalue weighted by molar-refractivity contribution is 7.60. The second kappa shape index (κ2) is 6.04. The number of anilines is 1. The molecule has 1 atom stereocenters.